The Bertz CT molecular complexity index is 744. The van der Waals surface area contributed by atoms with Crippen LogP contribution < -0.4 is 0 Å². The van der Waals surface area contributed by atoms with Gasteiger partial charge in [-0.05, 0) is 53.3 Å². The molecule has 132 valence electrons. The number of hydrogen-bond acceptors (Lipinski definition) is 2. The number of aryl methyl sites for hydroxylation is 2. The van der Waals surface area contributed by atoms with E-state index >= 15 is 0 Å². The molecule has 3 nitrogen and oxygen atoms in total. The van der Waals surface area contributed by atoms with Crippen LogP contribution in [-0.2, 0) is 11.5 Å². The Kier molecular flexibility index (Phi) is 5.98. The Balaban J connectivity index is 2.40. The van der Waals surface area contributed by atoms with E-state index in [-0.39, 0.29) is 11.1 Å². The molecule has 0 aliphatic rings. The Hall–Kier alpha value is -0.663. The van der Waals surface area contributed by atoms with Crippen molar-refractivity contribution in [3.05, 3.63) is 39.7 Å². The molecule has 24 heavy (non-hydrogen) atoms. The van der Waals surface area contributed by atoms with Gasteiger partial charge in [-0.1, -0.05) is 55.5 Å². The zero-order valence-electron chi connectivity index (χ0n) is 15.9. The van der Waals surface area contributed by atoms with Crippen molar-refractivity contribution in [2.24, 2.45) is 7.05 Å². The lowest BCUT2D eigenvalue weighted by Crippen LogP contribution is -2.41. The molecule has 0 amide bonds. The highest BCUT2D eigenvalue weighted by Gasteiger charge is 2.39. The van der Waals surface area contributed by atoms with Gasteiger partial charge in [0.05, 0.1) is 17.1 Å². The van der Waals surface area contributed by atoms with Crippen molar-refractivity contribution >= 4 is 41.9 Å². The molecule has 0 radical (unpaired) electrons. The fourth-order valence-electron chi connectivity index (χ4n) is 2.50. The standard InChI is InChI=1S/C19H29IN2OSi/c1-14-21-16-13-15(10-11-17(16)22(14)5)18(9-8-12-20)23-24(6,7)19(2,3)4/h8,10-13,18H,9H2,1-7H3/t18-/m1/s1. The summed E-state index contributed by atoms with van der Waals surface area (Å²) in [6, 6.07) is 6.56. The zero-order valence-corrected chi connectivity index (χ0v) is 19.0. The third kappa shape index (κ3) is 4.11. The van der Waals surface area contributed by atoms with Gasteiger partial charge in [-0.25, -0.2) is 4.98 Å². The second-order valence-corrected chi connectivity index (χ2v) is 13.4. The predicted octanol–water partition coefficient (Wildman–Crippen LogP) is 6.28. The monoisotopic (exact) mass is 456 g/mol. The van der Waals surface area contributed by atoms with E-state index in [1.165, 1.54) is 11.1 Å². The molecule has 0 spiro atoms. The number of nitrogens with zero attached hydrogens (tertiary/aromatic N) is 2. The van der Waals surface area contributed by atoms with Crippen LogP contribution in [0, 0.1) is 6.92 Å². The maximum atomic E-state index is 6.73. The minimum Gasteiger partial charge on any atom is -0.410 e. The van der Waals surface area contributed by atoms with E-state index in [0.29, 0.717) is 0 Å². The van der Waals surface area contributed by atoms with Gasteiger partial charge in [0.1, 0.15) is 5.82 Å². The number of hydrogen-bond donors (Lipinski definition) is 0. The molecule has 0 N–H and O–H groups in total. The Labute approximate surface area is 160 Å². The van der Waals surface area contributed by atoms with Crippen molar-refractivity contribution in [3.63, 3.8) is 0 Å². The highest BCUT2D eigenvalue weighted by atomic mass is 127. The molecule has 1 atom stereocenters. The lowest BCUT2D eigenvalue weighted by molar-refractivity contribution is 0.187. The van der Waals surface area contributed by atoms with Gasteiger partial charge in [-0.3, -0.25) is 0 Å². The molecule has 0 fully saturated rings. The first-order chi connectivity index (χ1) is 11.1. The smallest absolute Gasteiger partial charge is 0.192 e. The molecule has 1 heterocycles. The molecule has 0 aliphatic carbocycles. The average Bonchev–Trinajstić information content (AvgIpc) is 2.76. The largest absolute Gasteiger partial charge is 0.410 e. The molecule has 0 saturated heterocycles. The van der Waals surface area contributed by atoms with Gasteiger partial charge in [-0.15, -0.1) is 0 Å². The van der Waals surface area contributed by atoms with Gasteiger partial charge in [0.2, 0.25) is 0 Å². The Morgan fingerprint density at radius 1 is 1.33 bits per heavy atom. The topological polar surface area (TPSA) is 27.1 Å². The van der Waals surface area contributed by atoms with Crippen molar-refractivity contribution in [1.29, 1.82) is 0 Å². The third-order valence-electron chi connectivity index (χ3n) is 5.18. The van der Waals surface area contributed by atoms with Crippen molar-refractivity contribution in [2.45, 2.75) is 58.4 Å². The van der Waals surface area contributed by atoms with E-state index in [2.05, 4.69) is 101 Å². The summed E-state index contributed by atoms with van der Waals surface area (Å²) in [5.74, 6) is 1.04. The van der Waals surface area contributed by atoms with Crippen LogP contribution in [0.15, 0.2) is 28.4 Å². The quantitative estimate of drug-likeness (QED) is 0.391. The Morgan fingerprint density at radius 2 is 2.00 bits per heavy atom. The summed E-state index contributed by atoms with van der Waals surface area (Å²) < 4.78 is 10.9. The van der Waals surface area contributed by atoms with Crippen LogP contribution in [0.4, 0.5) is 0 Å². The molecular weight excluding hydrogens is 427 g/mol. The second-order valence-electron chi connectivity index (χ2n) is 7.93. The summed E-state index contributed by atoms with van der Waals surface area (Å²) in [7, 11) is 0.226. The Morgan fingerprint density at radius 3 is 2.58 bits per heavy atom. The normalized spacial score (nSPS) is 14.7. The number of aromatic nitrogens is 2. The van der Waals surface area contributed by atoms with Gasteiger partial charge in [-0.2, -0.15) is 0 Å². The SMILES string of the molecule is Cc1nc2cc([C@@H](CC=CI)O[Si](C)(C)C(C)(C)C)ccc2n1C. The van der Waals surface area contributed by atoms with Crippen molar-refractivity contribution < 1.29 is 4.43 Å². The zero-order chi connectivity index (χ0) is 18.1. The minimum absolute atomic E-state index is 0.0867. The molecule has 0 bridgehead atoms. The maximum Gasteiger partial charge on any atom is 0.192 e. The number of fused-ring (bicyclic) bond motifs is 1. The summed E-state index contributed by atoms with van der Waals surface area (Å²) in [5, 5.41) is 0.199. The van der Waals surface area contributed by atoms with E-state index < -0.39 is 8.32 Å². The summed E-state index contributed by atoms with van der Waals surface area (Å²) >= 11 is 2.27. The highest BCUT2D eigenvalue weighted by Crippen LogP contribution is 2.41. The minimum atomic E-state index is -1.84. The van der Waals surface area contributed by atoms with Crippen LogP contribution in [-0.4, -0.2) is 17.9 Å². The number of imidazole rings is 1. The summed E-state index contributed by atoms with van der Waals surface area (Å²) in [6.45, 7) is 13.5. The molecule has 1 aromatic heterocycles. The molecule has 2 aromatic rings. The summed E-state index contributed by atoms with van der Waals surface area (Å²) in [5.41, 5.74) is 3.45. The fourth-order valence-corrected chi connectivity index (χ4v) is 4.09. The number of benzene rings is 1. The van der Waals surface area contributed by atoms with Crippen molar-refractivity contribution in [2.75, 3.05) is 0 Å². The van der Waals surface area contributed by atoms with E-state index in [1.54, 1.807) is 0 Å². The molecule has 0 saturated carbocycles. The lowest BCUT2D eigenvalue weighted by Gasteiger charge is -2.39. The summed E-state index contributed by atoms with van der Waals surface area (Å²) in [4.78, 5) is 4.68. The van der Waals surface area contributed by atoms with Crippen LogP contribution in [0.25, 0.3) is 11.0 Å². The summed E-state index contributed by atoms with van der Waals surface area (Å²) in [6.07, 6.45) is 3.17. The molecular formula is C19H29IN2OSi. The van der Waals surface area contributed by atoms with E-state index in [0.717, 1.165) is 17.8 Å². The van der Waals surface area contributed by atoms with Crippen LogP contribution >= 0.6 is 22.6 Å². The second kappa shape index (κ2) is 7.29. The van der Waals surface area contributed by atoms with E-state index in [4.69, 9.17) is 4.43 Å². The fraction of sp³-hybridized carbons (Fsp3) is 0.526. The van der Waals surface area contributed by atoms with Gasteiger partial charge in [0.15, 0.2) is 8.32 Å². The van der Waals surface area contributed by atoms with Crippen molar-refractivity contribution in [3.8, 4) is 0 Å². The van der Waals surface area contributed by atoms with Crippen LogP contribution in [0.5, 0.6) is 0 Å². The van der Waals surface area contributed by atoms with Gasteiger partial charge in [0, 0.05) is 7.05 Å². The average molecular weight is 456 g/mol. The number of halogens is 1. The van der Waals surface area contributed by atoms with Gasteiger partial charge >= 0.3 is 0 Å². The van der Waals surface area contributed by atoms with Crippen LogP contribution in [0.3, 0.4) is 0 Å². The molecule has 2 rings (SSSR count). The highest BCUT2D eigenvalue weighted by molar-refractivity contribution is 14.1. The van der Waals surface area contributed by atoms with Gasteiger partial charge < -0.3 is 8.99 Å². The molecule has 5 heteroatoms. The van der Waals surface area contributed by atoms with Crippen LogP contribution in [0.1, 0.15) is 44.7 Å². The first-order valence-corrected chi connectivity index (χ1v) is 12.6. The van der Waals surface area contributed by atoms with Gasteiger partial charge in [0.25, 0.3) is 0 Å². The maximum absolute atomic E-state index is 6.73. The third-order valence-corrected chi connectivity index (χ3v) is 10.2. The predicted molar refractivity (Wildman–Crippen MR) is 114 cm³/mol. The van der Waals surface area contributed by atoms with Crippen LogP contribution in [0.2, 0.25) is 18.1 Å². The van der Waals surface area contributed by atoms with E-state index in [9.17, 15) is 0 Å². The lowest BCUT2D eigenvalue weighted by atomic mass is 10.1. The number of rotatable bonds is 5. The first-order valence-electron chi connectivity index (χ1n) is 8.43. The van der Waals surface area contributed by atoms with E-state index in [1.807, 2.05) is 6.92 Å². The molecule has 1 aromatic carbocycles. The van der Waals surface area contributed by atoms with Crippen molar-refractivity contribution in [1.82, 2.24) is 9.55 Å². The molecule has 0 aliphatic heterocycles. The first kappa shape index (κ1) is 19.7. The molecule has 0 unspecified atom stereocenters.